The highest BCUT2D eigenvalue weighted by Gasteiger charge is 2.35. The first-order chi connectivity index (χ1) is 11.5. The van der Waals surface area contributed by atoms with E-state index in [1.54, 1.807) is 7.11 Å². The van der Waals surface area contributed by atoms with Gasteiger partial charge in [0.25, 0.3) is 0 Å². The summed E-state index contributed by atoms with van der Waals surface area (Å²) in [6, 6.07) is 17.3. The minimum atomic E-state index is -0.713. The van der Waals surface area contributed by atoms with E-state index >= 15 is 0 Å². The van der Waals surface area contributed by atoms with Gasteiger partial charge < -0.3 is 9.57 Å². The molecule has 0 bridgehead atoms. The lowest BCUT2D eigenvalue weighted by atomic mass is 9.80. The summed E-state index contributed by atoms with van der Waals surface area (Å²) in [5, 5.41) is 0. The second kappa shape index (κ2) is 7.97. The molecule has 0 aliphatic heterocycles. The molecule has 2 atom stereocenters. The number of carbonyl (C=O) groups excluding carboxylic acids is 1. The van der Waals surface area contributed by atoms with Crippen molar-refractivity contribution in [2.24, 2.45) is 0 Å². The van der Waals surface area contributed by atoms with Gasteiger partial charge >= 0.3 is 5.97 Å². The van der Waals surface area contributed by atoms with Crippen LogP contribution >= 0.6 is 0 Å². The van der Waals surface area contributed by atoms with Crippen LogP contribution in [-0.2, 0) is 15.0 Å². The molecule has 0 saturated heterocycles. The highest BCUT2D eigenvalue weighted by molar-refractivity contribution is 5.82. The molecular formula is C20H25NO3. The van der Waals surface area contributed by atoms with Crippen molar-refractivity contribution >= 4 is 5.97 Å². The predicted octanol–water partition coefficient (Wildman–Crippen LogP) is 4.17. The topological polar surface area (TPSA) is 47.6 Å². The fourth-order valence-corrected chi connectivity index (χ4v) is 2.49. The summed E-state index contributed by atoms with van der Waals surface area (Å²) in [6.45, 7) is 5.83. The first-order valence-electron chi connectivity index (χ1n) is 8.17. The van der Waals surface area contributed by atoms with Crippen LogP contribution in [0.2, 0.25) is 0 Å². The Morgan fingerprint density at radius 3 is 2.29 bits per heavy atom. The zero-order valence-corrected chi connectivity index (χ0v) is 14.7. The second-order valence-electron chi connectivity index (χ2n) is 6.05. The van der Waals surface area contributed by atoms with E-state index in [-0.39, 0.29) is 12.0 Å². The molecule has 0 radical (unpaired) electrons. The van der Waals surface area contributed by atoms with Crippen LogP contribution in [-0.4, -0.2) is 13.1 Å². The van der Waals surface area contributed by atoms with Crippen molar-refractivity contribution < 1.29 is 14.4 Å². The maximum atomic E-state index is 12.7. The Morgan fingerprint density at radius 1 is 1.12 bits per heavy atom. The third kappa shape index (κ3) is 3.95. The Morgan fingerprint density at radius 2 is 1.75 bits per heavy atom. The molecular weight excluding hydrogens is 302 g/mol. The molecule has 24 heavy (non-hydrogen) atoms. The maximum Gasteiger partial charge on any atom is 0.334 e. The van der Waals surface area contributed by atoms with Crippen LogP contribution in [0.3, 0.4) is 0 Å². The van der Waals surface area contributed by atoms with Crippen molar-refractivity contribution in [3.8, 4) is 5.75 Å². The number of benzene rings is 2. The van der Waals surface area contributed by atoms with E-state index in [0.29, 0.717) is 6.42 Å². The van der Waals surface area contributed by atoms with Crippen molar-refractivity contribution in [1.82, 2.24) is 5.48 Å². The van der Waals surface area contributed by atoms with Crippen molar-refractivity contribution in [3.05, 3.63) is 65.7 Å². The lowest BCUT2D eigenvalue weighted by Crippen LogP contribution is -2.38. The normalized spacial score (nSPS) is 14.5. The molecule has 0 saturated carbocycles. The predicted molar refractivity (Wildman–Crippen MR) is 94.7 cm³/mol. The van der Waals surface area contributed by atoms with Gasteiger partial charge in [-0.1, -0.05) is 49.4 Å². The molecule has 4 heteroatoms. The summed E-state index contributed by atoms with van der Waals surface area (Å²) in [5.41, 5.74) is 4.11. The number of carbonyl (C=O) groups is 1. The SMILES string of the molecule is CCC(C)(C(=O)ON[C@@H](C)c1ccccc1)c1ccc(OC)cc1. The second-order valence-corrected chi connectivity index (χ2v) is 6.05. The summed E-state index contributed by atoms with van der Waals surface area (Å²) >= 11 is 0. The summed E-state index contributed by atoms with van der Waals surface area (Å²) in [4.78, 5) is 18.1. The highest BCUT2D eigenvalue weighted by Crippen LogP contribution is 2.30. The molecule has 0 aliphatic carbocycles. The Labute approximate surface area is 143 Å². The average molecular weight is 327 g/mol. The fraction of sp³-hybridized carbons (Fsp3) is 0.350. The largest absolute Gasteiger partial charge is 0.497 e. The van der Waals surface area contributed by atoms with Gasteiger partial charge in [0, 0.05) is 0 Å². The first kappa shape index (κ1) is 18.0. The van der Waals surface area contributed by atoms with Crippen LogP contribution in [0.1, 0.15) is 44.4 Å². The van der Waals surface area contributed by atoms with Crippen molar-refractivity contribution in [2.45, 2.75) is 38.6 Å². The van der Waals surface area contributed by atoms with Gasteiger partial charge in [-0.3, -0.25) is 0 Å². The Bertz CT molecular complexity index is 654. The summed E-state index contributed by atoms with van der Waals surface area (Å²) in [5.74, 6) is 0.472. The van der Waals surface area contributed by atoms with Gasteiger partial charge in [-0.2, -0.15) is 0 Å². The zero-order chi connectivity index (χ0) is 17.6. The molecule has 0 heterocycles. The maximum absolute atomic E-state index is 12.7. The van der Waals surface area contributed by atoms with Crippen molar-refractivity contribution in [1.29, 1.82) is 0 Å². The van der Waals surface area contributed by atoms with Crippen molar-refractivity contribution in [3.63, 3.8) is 0 Å². The lowest BCUT2D eigenvalue weighted by molar-refractivity contribution is -0.159. The van der Waals surface area contributed by atoms with Crippen LogP contribution in [0.25, 0.3) is 0 Å². The summed E-state index contributed by atoms with van der Waals surface area (Å²) in [7, 11) is 1.62. The average Bonchev–Trinajstić information content (AvgIpc) is 2.65. The molecule has 2 rings (SSSR count). The smallest absolute Gasteiger partial charge is 0.334 e. The number of hydrogen-bond donors (Lipinski definition) is 1. The van der Waals surface area contributed by atoms with Crippen LogP contribution in [0.5, 0.6) is 5.75 Å². The fourth-order valence-electron chi connectivity index (χ4n) is 2.49. The van der Waals surface area contributed by atoms with Crippen LogP contribution in [0.15, 0.2) is 54.6 Å². The number of methoxy groups -OCH3 is 1. The van der Waals surface area contributed by atoms with E-state index in [1.165, 1.54) is 0 Å². The van der Waals surface area contributed by atoms with Crippen LogP contribution in [0.4, 0.5) is 0 Å². The molecule has 4 nitrogen and oxygen atoms in total. The Hall–Kier alpha value is -2.33. The standard InChI is InChI=1S/C20H25NO3/c1-5-20(3,17-11-13-18(23-4)14-12-17)19(22)24-21-15(2)16-9-7-6-8-10-16/h6-15,21H,5H2,1-4H3/t15-,20?/m0/s1. The first-order valence-corrected chi connectivity index (χ1v) is 8.17. The molecule has 2 aromatic rings. The van der Waals surface area contributed by atoms with Gasteiger partial charge in [0.2, 0.25) is 0 Å². The summed E-state index contributed by atoms with van der Waals surface area (Å²) in [6.07, 6.45) is 0.638. The minimum absolute atomic E-state index is 0.0767. The molecule has 0 aliphatic rings. The third-order valence-electron chi connectivity index (χ3n) is 4.51. The van der Waals surface area contributed by atoms with E-state index in [1.807, 2.05) is 75.4 Å². The molecule has 2 aromatic carbocycles. The molecule has 1 unspecified atom stereocenters. The van der Waals surface area contributed by atoms with E-state index in [4.69, 9.17) is 9.57 Å². The zero-order valence-electron chi connectivity index (χ0n) is 14.7. The lowest BCUT2D eigenvalue weighted by Gasteiger charge is -2.27. The molecule has 0 amide bonds. The van der Waals surface area contributed by atoms with Crippen molar-refractivity contribution in [2.75, 3.05) is 7.11 Å². The number of hydroxylamine groups is 1. The van der Waals surface area contributed by atoms with E-state index in [9.17, 15) is 4.79 Å². The monoisotopic (exact) mass is 327 g/mol. The Balaban J connectivity index is 2.07. The van der Waals surface area contributed by atoms with Gasteiger partial charge in [0.15, 0.2) is 0 Å². The number of ether oxygens (including phenoxy) is 1. The molecule has 0 aromatic heterocycles. The molecule has 1 N–H and O–H groups in total. The van der Waals surface area contributed by atoms with Gasteiger partial charge in [0.1, 0.15) is 5.75 Å². The van der Waals surface area contributed by atoms with Gasteiger partial charge in [0.05, 0.1) is 18.6 Å². The minimum Gasteiger partial charge on any atom is -0.497 e. The number of rotatable bonds is 7. The van der Waals surface area contributed by atoms with Crippen LogP contribution in [0, 0.1) is 0 Å². The van der Waals surface area contributed by atoms with E-state index < -0.39 is 5.41 Å². The van der Waals surface area contributed by atoms with E-state index in [0.717, 1.165) is 16.9 Å². The number of nitrogens with one attached hydrogen (secondary N) is 1. The molecule has 0 fully saturated rings. The highest BCUT2D eigenvalue weighted by atomic mass is 16.7. The molecule has 0 spiro atoms. The van der Waals surface area contributed by atoms with Gasteiger partial charge in [-0.05, 0) is 43.5 Å². The quantitative estimate of drug-likeness (QED) is 0.775. The summed E-state index contributed by atoms with van der Waals surface area (Å²) < 4.78 is 5.18. The Kier molecular flexibility index (Phi) is 5.99. The third-order valence-corrected chi connectivity index (χ3v) is 4.51. The number of hydrogen-bond acceptors (Lipinski definition) is 4. The van der Waals surface area contributed by atoms with E-state index in [2.05, 4.69) is 5.48 Å². The van der Waals surface area contributed by atoms with Gasteiger partial charge in [-0.25, -0.2) is 4.79 Å². The van der Waals surface area contributed by atoms with Gasteiger partial charge in [-0.15, -0.1) is 5.48 Å². The molecule has 128 valence electrons. The van der Waals surface area contributed by atoms with Crippen LogP contribution < -0.4 is 10.2 Å².